The lowest BCUT2D eigenvalue weighted by Gasteiger charge is -2.29. The van der Waals surface area contributed by atoms with Crippen LogP contribution in [-0.4, -0.2) is 37.0 Å². The second-order valence-electron chi connectivity index (χ2n) is 5.91. The number of hydrogen-bond acceptors (Lipinski definition) is 3. The molecule has 1 saturated heterocycles. The number of hydrogen-bond donors (Lipinski definition) is 1. The van der Waals surface area contributed by atoms with Crippen molar-refractivity contribution < 1.29 is 9.53 Å². The summed E-state index contributed by atoms with van der Waals surface area (Å²) in [6.07, 6.45) is 4.54. The van der Waals surface area contributed by atoms with Crippen molar-refractivity contribution in [3.63, 3.8) is 0 Å². The van der Waals surface area contributed by atoms with Gasteiger partial charge in [0.1, 0.15) is 11.9 Å². The predicted octanol–water partition coefficient (Wildman–Crippen LogP) is 2.51. The zero-order valence-electron chi connectivity index (χ0n) is 12.0. The molecular weight excluding hydrogens is 252 g/mol. The van der Waals surface area contributed by atoms with Gasteiger partial charge in [-0.05, 0) is 57.0 Å². The molecule has 1 N–H and O–H groups in total. The highest BCUT2D eigenvalue weighted by molar-refractivity contribution is 5.94. The standard InChI is InChI=1S/C16H22N2O2/c1-18-10-8-15(9-11-18)20-14-6-4-13(5-7-14)17-16(19)12-2-3-12/h4-7,12,15H,2-3,8-11H2,1H3,(H,17,19). The molecule has 1 aromatic rings. The van der Waals surface area contributed by atoms with Crippen LogP contribution in [0.25, 0.3) is 0 Å². The first-order chi connectivity index (χ1) is 9.70. The summed E-state index contributed by atoms with van der Waals surface area (Å²) in [5.74, 6) is 1.28. The Morgan fingerprint density at radius 1 is 1.15 bits per heavy atom. The van der Waals surface area contributed by atoms with Crippen LogP contribution < -0.4 is 10.1 Å². The Balaban J connectivity index is 1.51. The molecule has 0 bridgehead atoms. The largest absolute Gasteiger partial charge is 0.490 e. The molecule has 1 amide bonds. The van der Waals surface area contributed by atoms with E-state index in [2.05, 4.69) is 17.3 Å². The van der Waals surface area contributed by atoms with Crippen LogP contribution in [-0.2, 0) is 4.79 Å². The maximum atomic E-state index is 11.7. The van der Waals surface area contributed by atoms with E-state index in [4.69, 9.17) is 4.74 Å². The summed E-state index contributed by atoms with van der Waals surface area (Å²) in [7, 11) is 2.15. The lowest BCUT2D eigenvalue weighted by molar-refractivity contribution is -0.117. The minimum absolute atomic E-state index is 0.147. The zero-order valence-corrected chi connectivity index (χ0v) is 12.0. The number of carbonyl (C=O) groups is 1. The van der Waals surface area contributed by atoms with Gasteiger partial charge in [0.2, 0.25) is 5.91 Å². The minimum Gasteiger partial charge on any atom is -0.490 e. The van der Waals surface area contributed by atoms with Crippen LogP contribution >= 0.6 is 0 Å². The number of rotatable bonds is 4. The van der Waals surface area contributed by atoms with Gasteiger partial charge in [0.25, 0.3) is 0 Å². The molecule has 3 rings (SSSR count). The third-order valence-electron chi connectivity index (χ3n) is 4.04. The molecule has 2 aliphatic rings. The molecule has 0 radical (unpaired) electrons. The van der Waals surface area contributed by atoms with Crippen molar-refractivity contribution in [2.24, 2.45) is 5.92 Å². The number of anilines is 1. The van der Waals surface area contributed by atoms with Gasteiger partial charge in [0.05, 0.1) is 0 Å². The summed E-state index contributed by atoms with van der Waals surface area (Å²) in [5.41, 5.74) is 0.859. The Bertz CT molecular complexity index is 460. The molecule has 0 unspecified atom stereocenters. The highest BCUT2D eigenvalue weighted by atomic mass is 16.5. The number of piperidine rings is 1. The molecule has 4 nitrogen and oxygen atoms in total. The van der Waals surface area contributed by atoms with E-state index in [1.54, 1.807) is 0 Å². The van der Waals surface area contributed by atoms with Gasteiger partial charge >= 0.3 is 0 Å². The second-order valence-corrected chi connectivity index (χ2v) is 5.91. The molecule has 108 valence electrons. The van der Waals surface area contributed by atoms with Gasteiger partial charge < -0.3 is 15.0 Å². The average Bonchev–Trinajstić information content (AvgIpc) is 3.28. The first kappa shape index (κ1) is 13.4. The molecule has 0 aromatic heterocycles. The normalized spacial score (nSPS) is 20.6. The molecular formula is C16H22N2O2. The van der Waals surface area contributed by atoms with Gasteiger partial charge in [-0.3, -0.25) is 4.79 Å². The van der Waals surface area contributed by atoms with Gasteiger partial charge in [0.15, 0.2) is 0 Å². The molecule has 1 saturated carbocycles. The fourth-order valence-corrected chi connectivity index (χ4v) is 2.50. The van der Waals surface area contributed by atoms with Crippen molar-refractivity contribution in [2.45, 2.75) is 31.8 Å². The SMILES string of the molecule is CN1CCC(Oc2ccc(NC(=O)C3CC3)cc2)CC1. The van der Waals surface area contributed by atoms with Gasteiger partial charge in [-0.25, -0.2) is 0 Å². The van der Waals surface area contributed by atoms with Gasteiger partial charge in [-0.1, -0.05) is 0 Å². The van der Waals surface area contributed by atoms with E-state index in [1.807, 2.05) is 24.3 Å². The monoisotopic (exact) mass is 274 g/mol. The maximum Gasteiger partial charge on any atom is 0.227 e. The number of likely N-dealkylation sites (tertiary alicyclic amines) is 1. The Hall–Kier alpha value is -1.55. The summed E-state index contributed by atoms with van der Waals surface area (Å²) in [5, 5.41) is 2.94. The summed E-state index contributed by atoms with van der Waals surface area (Å²) in [6.45, 7) is 2.19. The topological polar surface area (TPSA) is 41.6 Å². The van der Waals surface area contributed by atoms with E-state index >= 15 is 0 Å². The van der Waals surface area contributed by atoms with E-state index in [0.29, 0.717) is 6.10 Å². The molecule has 1 heterocycles. The third kappa shape index (κ3) is 3.51. The van der Waals surface area contributed by atoms with Gasteiger partial charge in [-0.15, -0.1) is 0 Å². The van der Waals surface area contributed by atoms with Crippen molar-refractivity contribution in [2.75, 3.05) is 25.5 Å². The smallest absolute Gasteiger partial charge is 0.227 e. The van der Waals surface area contributed by atoms with E-state index in [0.717, 1.165) is 50.2 Å². The Morgan fingerprint density at radius 2 is 1.80 bits per heavy atom. The number of benzene rings is 1. The van der Waals surface area contributed by atoms with E-state index in [9.17, 15) is 4.79 Å². The number of nitrogens with one attached hydrogen (secondary N) is 1. The molecule has 2 fully saturated rings. The van der Waals surface area contributed by atoms with E-state index in [1.165, 1.54) is 0 Å². The van der Waals surface area contributed by atoms with Gasteiger partial charge in [-0.2, -0.15) is 0 Å². The van der Waals surface area contributed by atoms with Crippen LogP contribution in [0.5, 0.6) is 5.75 Å². The number of amides is 1. The molecule has 0 atom stereocenters. The summed E-state index contributed by atoms with van der Waals surface area (Å²) < 4.78 is 5.98. The molecule has 4 heteroatoms. The lowest BCUT2D eigenvalue weighted by Crippen LogP contribution is -2.35. The molecule has 1 aliphatic heterocycles. The highest BCUT2D eigenvalue weighted by Gasteiger charge is 2.29. The Labute approximate surface area is 120 Å². The molecule has 1 aromatic carbocycles. The molecule has 0 spiro atoms. The van der Waals surface area contributed by atoms with Crippen LogP contribution in [0, 0.1) is 5.92 Å². The number of carbonyl (C=O) groups excluding carboxylic acids is 1. The highest BCUT2D eigenvalue weighted by Crippen LogP contribution is 2.30. The van der Waals surface area contributed by atoms with Gasteiger partial charge in [0, 0.05) is 24.7 Å². The van der Waals surface area contributed by atoms with Crippen LogP contribution in [0.2, 0.25) is 0 Å². The average molecular weight is 274 g/mol. The Morgan fingerprint density at radius 3 is 2.40 bits per heavy atom. The zero-order chi connectivity index (χ0) is 13.9. The molecule has 1 aliphatic carbocycles. The fraction of sp³-hybridized carbons (Fsp3) is 0.562. The second kappa shape index (κ2) is 5.83. The number of nitrogens with zero attached hydrogens (tertiary/aromatic N) is 1. The van der Waals surface area contributed by atoms with Crippen molar-refractivity contribution in [1.82, 2.24) is 4.90 Å². The first-order valence-corrected chi connectivity index (χ1v) is 7.47. The van der Waals surface area contributed by atoms with Crippen LogP contribution in [0.15, 0.2) is 24.3 Å². The number of ether oxygens (including phenoxy) is 1. The lowest BCUT2D eigenvalue weighted by atomic mass is 10.1. The summed E-state index contributed by atoms with van der Waals surface area (Å²) >= 11 is 0. The van der Waals surface area contributed by atoms with Crippen molar-refractivity contribution in [1.29, 1.82) is 0 Å². The van der Waals surface area contributed by atoms with Crippen molar-refractivity contribution >= 4 is 11.6 Å². The fourth-order valence-electron chi connectivity index (χ4n) is 2.50. The van der Waals surface area contributed by atoms with Crippen molar-refractivity contribution in [3.8, 4) is 5.75 Å². The minimum atomic E-state index is 0.147. The van der Waals surface area contributed by atoms with E-state index < -0.39 is 0 Å². The van der Waals surface area contributed by atoms with Crippen LogP contribution in [0.4, 0.5) is 5.69 Å². The first-order valence-electron chi connectivity index (χ1n) is 7.47. The quantitative estimate of drug-likeness (QED) is 0.917. The third-order valence-corrected chi connectivity index (χ3v) is 4.04. The molecule has 20 heavy (non-hydrogen) atoms. The summed E-state index contributed by atoms with van der Waals surface area (Å²) in [6, 6.07) is 7.73. The Kier molecular flexibility index (Phi) is 3.92. The van der Waals surface area contributed by atoms with Crippen LogP contribution in [0.3, 0.4) is 0 Å². The van der Waals surface area contributed by atoms with Crippen LogP contribution in [0.1, 0.15) is 25.7 Å². The summed E-state index contributed by atoms with van der Waals surface area (Å²) in [4.78, 5) is 14.0. The van der Waals surface area contributed by atoms with Crippen molar-refractivity contribution in [3.05, 3.63) is 24.3 Å². The predicted molar refractivity (Wildman–Crippen MR) is 78.9 cm³/mol. The van der Waals surface area contributed by atoms with E-state index in [-0.39, 0.29) is 11.8 Å². The maximum absolute atomic E-state index is 11.7.